The lowest BCUT2D eigenvalue weighted by atomic mass is 9.87. The first-order chi connectivity index (χ1) is 11.6. The van der Waals surface area contributed by atoms with Crippen molar-refractivity contribution in [3.63, 3.8) is 0 Å². The number of fused-ring (bicyclic) bond motifs is 3. The Morgan fingerprint density at radius 2 is 2.04 bits per heavy atom. The molecule has 6 heteroatoms. The summed E-state index contributed by atoms with van der Waals surface area (Å²) >= 11 is 1.46. The second-order valence-corrected chi connectivity index (χ2v) is 7.82. The molecule has 24 heavy (non-hydrogen) atoms. The second-order valence-electron chi connectivity index (χ2n) is 6.82. The minimum atomic E-state index is 0.0992. The summed E-state index contributed by atoms with van der Waals surface area (Å²) in [6.07, 6.45) is 6.29. The molecule has 3 aromatic rings. The van der Waals surface area contributed by atoms with Crippen LogP contribution in [-0.4, -0.2) is 21.6 Å². The van der Waals surface area contributed by atoms with E-state index in [0.29, 0.717) is 0 Å². The summed E-state index contributed by atoms with van der Waals surface area (Å²) in [6, 6.07) is 2.21. The van der Waals surface area contributed by atoms with Crippen LogP contribution in [0.5, 0.6) is 0 Å². The van der Waals surface area contributed by atoms with Gasteiger partial charge in [0.15, 0.2) is 0 Å². The molecule has 1 fully saturated rings. The van der Waals surface area contributed by atoms with E-state index in [4.69, 9.17) is 4.98 Å². The smallest absolute Gasteiger partial charge is 0.271 e. The minimum Gasteiger partial charge on any atom is -0.387 e. The van der Waals surface area contributed by atoms with Crippen molar-refractivity contribution in [3.8, 4) is 0 Å². The Labute approximate surface area is 144 Å². The highest BCUT2D eigenvalue weighted by molar-refractivity contribution is 7.25. The highest BCUT2D eigenvalue weighted by atomic mass is 32.1. The molecule has 3 heterocycles. The Hall–Kier alpha value is -1.95. The molecule has 0 bridgehead atoms. The summed E-state index contributed by atoms with van der Waals surface area (Å²) in [5.74, 6) is 1.58. The Balaban J connectivity index is 1.95. The summed E-state index contributed by atoms with van der Waals surface area (Å²) in [4.78, 5) is 23.3. The van der Waals surface area contributed by atoms with Crippen LogP contribution in [0, 0.1) is 12.8 Å². The van der Waals surface area contributed by atoms with Gasteiger partial charge in [-0.2, -0.15) is 0 Å². The Kier molecular flexibility index (Phi) is 3.79. The molecule has 0 aliphatic heterocycles. The first kappa shape index (κ1) is 15.6. The lowest BCUT2D eigenvalue weighted by molar-refractivity contribution is 0.281. The molecule has 1 N–H and O–H groups in total. The number of pyridine rings is 1. The summed E-state index contributed by atoms with van der Waals surface area (Å²) in [7, 11) is 1.88. The van der Waals surface area contributed by atoms with E-state index < -0.39 is 0 Å². The van der Waals surface area contributed by atoms with Gasteiger partial charge in [0.1, 0.15) is 20.9 Å². The Morgan fingerprint density at radius 3 is 2.75 bits per heavy atom. The normalized spacial score (nSPS) is 21.5. The van der Waals surface area contributed by atoms with E-state index in [9.17, 15) is 4.79 Å². The van der Waals surface area contributed by atoms with Gasteiger partial charge in [-0.05, 0) is 44.6 Å². The largest absolute Gasteiger partial charge is 0.387 e. The van der Waals surface area contributed by atoms with Gasteiger partial charge in [-0.3, -0.25) is 9.36 Å². The molecule has 4 rings (SSSR count). The highest BCUT2D eigenvalue weighted by Gasteiger charge is 2.24. The van der Waals surface area contributed by atoms with Gasteiger partial charge in [0.25, 0.3) is 5.56 Å². The number of nitrogens with zero attached hydrogens (tertiary/aromatic N) is 3. The summed E-state index contributed by atoms with van der Waals surface area (Å²) in [5.41, 5.74) is 1.86. The lowest BCUT2D eigenvalue weighted by Gasteiger charge is -2.28. The fourth-order valence-corrected chi connectivity index (χ4v) is 4.92. The van der Waals surface area contributed by atoms with Gasteiger partial charge in [-0.15, -0.1) is 11.3 Å². The number of thiophene rings is 1. The van der Waals surface area contributed by atoms with E-state index in [-0.39, 0.29) is 11.6 Å². The zero-order valence-electron chi connectivity index (χ0n) is 14.3. The molecule has 0 saturated heterocycles. The third-order valence-corrected chi connectivity index (χ3v) is 6.30. The molecule has 1 aliphatic carbocycles. The van der Waals surface area contributed by atoms with E-state index in [0.717, 1.165) is 50.7 Å². The van der Waals surface area contributed by atoms with Crippen molar-refractivity contribution in [2.75, 3.05) is 12.4 Å². The standard InChI is InChI=1S/C18H22N4OS/c1-10-4-6-12(7-5-10)22-11(2)21-15-14-13(19-3)8-9-20-17(14)24-16(15)18(22)23/h8-10,12H,4-7H2,1-3H3,(H,19,20). The van der Waals surface area contributed by atoms with Crippen LogP contribution in [-0.2, 0) is 0 Å². The average molecular weight is 342 g/mol. The number of hydrogen-bond acceptors (Lipinski definition) is 5. The summed E-state index contributed by atoms with van der Waals surface area (Å²) in [5, 5.41) is 4.15. The maximum atomic E-state index is 13.2. The maximum Gasteiger partial charge on any atom is 0.271 e. The third kappa shape index (κ3) is 2.32. The number of hydrogen-bond donors (Lipinski definition) is 1. The van der Waals surface area contributed by atoms with Gasteiger partial charge >= 0.3 is 0 Å². The maximum absolute atomic E-state index is 13.2. The van der Waals surface area contributed by atoms with Crippen molar-refractivity contribution >= 4 is 37.5 Å². The zero-order chi connectivity index (χ0) is 16.8. The molecule has 0 unspecified atom stereocenters. The predicted octanol–water partition coefficient (Wildman–Crippen LogP) is 4.11. The molecule has 3 aromatic heterocycles. The molecule has 0 amide bonds. The van der Waals surface area contributed by atoms with Crippen molar-refractivity contribution < 1.29 is 0 Å². The average Bonchev–Trinajstić information content (AvgIpc) is 2.95. The van der Waals surface area contributed by atoms with Gasteiger partial charge in [-0.25, -0.2) is 9.97 Å². The van der Waals surface area contributed by atoms with Gasteiger partial charge in [0, 0.05) is 25.0 Å². The van der Waals surface area contributed by atoms with E-state index in [1.54, 1.807) is 6.20 Å². The zero-order valence-corrected chi connectivity index (χ0v) is 15.1. The van der Waals surface area contributed by atoms with Crippen molar-refractivity contribution in [3.05, 3.63) is 28.4 Å². The SMILES string of the molecule is CNc1ccnc2sc3c(=O)n(C4CCC(C)CC4)c(C)nc3c12. The number of anilines is 1. The first-order valence-corrected chi connectivity index (χ1v) is 9.40. The molecule has 1 aliphatic rings. The van der Waals surface area contributed by atoms with Crippen LogP contribution in [0.2, 0.25) is 0 Å². The molecule has 126 valence electrons. The second kappa shape index (κ2) is 5.84. The summed E-state index contributed by atoms with van der Waals surface area (Å²) < 4.78 is 2.66. The van der Waals surface area contributed by atoms with Crippen molar-refractivity contribution in [1.82, 2.24) is 14.5 Å². The van der Waals surface area contributed by atoms with Gasteiger partial charge in [0.2, 0.25) is 0 Å². The van der Waals surface area contributed by atoms with Crippen molar-refractivity contribution in [2.45, 2.75) is 45.6 Å². The molecule has 0 atom stereocenters. The monoisotopic (exact) mass is 342 g/mol. The molecule has 5 nitrogen and oxygen atoms in total. The van der Waals surface area contributed by atoms with Crippen LogP contribution in [0.15, 0.2) is 17.1 Å². The topological polar surface area (TPSA) is 59.8 Å². The lowest BCUT2D eigenvalue weighted by Crippen LogP contribution is -2.30. The van der Waals surface area contributed by atoms with E-state index >= 15 is 0 Å². The van der Waals surface area contributed by atoms with Crippen LogP contribution in [0.3, 0.4) is 0 Å². The summed E-state index contributed by atoms with van der Waals surface area (Å²) in [6.45, 7) is 4.25. The van der Waals surface area contributed by atoms with E-state index in [2.05, 4.69) is 17.2 Å². The Morgan fingerprint density at radius 1 is 1.29 bits per heavy atom. The van der Waals surface area contributed by atoms with E-state index in [1.165, 1.54) is 24.2 Å². The fourth-order valence-electron chi connectivity index (χ4n) is 3.87. The van der Waals surface area contributed by atoms with Gasteiger partial charge in [-0.1, -0.05) is 6.92 Å². The van der Waals surface area contributed by atoms with Crippen molar-refractivity contribution in [1.29, 1.82) is 0 Å². The molecular weight excluding hydrogens is 320 g/mol. The molecule has 1 saturated carbocycles. The van der Waals surface area contributed by atoms with Gasteiger partial charge < -0.3 is 5.32 Å². The number of rotatable bonds is 2. The molecule has 0 aromatic carbocycles. The third-order valence-electron chi connectivity index (χ3n) is 5.22. The van der Waals surface area contributed by atoms with E-state index in [1.807, 2.05) is 24.6 Å². The van der Waals surface area contributed by atoms with Crippen LogP contribution >= 0.6 is 11.3 Å². The molecule has 0 spiro atoms. The van der Waals surface area contributed by atoms with Crippen LogP contribution in [0.25, 0.3) is 20.4 Å². The number of aromatic nitrogens is 3. The van der Waals surface area contributed by atoms with Crippen LogP contribution in [0.4, 0.5) is 5.69 Å². The van der Waals surface area contributed by atoms with Crippen molar-refractivity contribution in [2.24, 2.45) is 5.92 Å². The predicted molar refractivity (Wildman–Crippen MR) is 100 cm³/mol. The number of aryl methyl sites for hydroxylation is 1. The molecular formula is C18H22N4OS. The quantitative estimate of drug-likeness (QED) is 0.761. The highest BCUT2D eigenvalue weighted by Crippen LogP contribution is 2.36. The van der Waals surface area contributed by atoms with Crippen LogP contribution < -0.4 is 10.9 Å². The number of nitrogens with one attached hydrogen (secondary N) is 1. The molecule has 0 radical (unpaired) electrons. The first-order valence-electron chi connectivity index (χ1n) is 8.58. The van der Waals surface area contributed by atoms with Gasteiger partial charge in [0.05, 0.1) is 5.39 Å². The Bertz CT molecular complexity index is 966. The minimum absolute atomic E-state index is 0.0992. The van der Waals surface area contributed by atoms with Crippen LogP contribution in [0.1, 0.15) is 44.5 Å². The fraction of sp³-hybridized carbons (Fsp3) is 0.500.